The zero-order valence-electron chi connectivity index (χ0n) is 15.3. The van der Waals surface area contributed by atoms with Crippen LogP contribution in [-0.2, 0) is 11.3 Å². The van der Waals surface area contributed by atoms with Crippen LogP contribution in [0.3, 0.4) is 0 Å². The first kappa shape index (κ1) is 19.7. The second-order valence-electron chi connectivity index (χ2n) is 6.62. The molecule has 0 heterocycles. The first-order chi connectivity index (χ1) is 12.1. The summed E-state index contributed by atoms with van der Waals surface area (Å²) in [5.74, 6) is 0.241. The molecule has 0 saturated carbocycles. The van der Waals surface area contributed by atoms with E-state index in [1.807, 2.05) is 11.9 Å². The van der Waals surface area contributed by atoms with E-state index in [4.69, 9.17) is 0 Å². The number of carbonyl (C=O) groups is 1. The summed E-state index contributed by atoms with van der Waals surface area (Å²) in [6.07, 6.45) is 6.57. The predicted octanol–water partition coefficient (Wildman–Crippen LogP) is 6.44. The van der Waals surface area contributed by atoms with Gasteiger partial charge in [-0.2, -0.15) is 0 Å². The Balaban J connectivity index is 1.90. The molecule has 0 aliphatic rings. The van der Waals surface area contributed by atoms with E-state index in [1.54, 1.807) is 0 Å². The SMILES string of the molecule is CCCCCCCC(=O)N(C)Cc1cccc(-c2ccc(Br)cc2)c1. The molecule has 0 aromatic heterocycles. The van der Waals surface area contributed by atoms with Gasteiger partial charge in [0.15, 0.2) is 0 Å². The maximum atomic E-state index is 12.3. The highest BCUT2D eigenvalue weighted by atomic mass is 79.9. The fourth-order valence-electron chi connectivity index (χ4n) is 2.92. The van der Waals surface area contributed by atoms with Gasteiger partial charge in [-0.1, -0.05) is 78.9 Å². The van der Waals surface area contributed by atoms with E-state index in [1.165, 1.54) is 36.0 Å². The molecule has 0 atom stereocenters. The first-order valence-electron chi connectivity index (χ1n) is 9.19. The Hall–Kier alpha value is -1.61. The van der Waals surface area contributed by atoms with Gasteiger partial charge in [0.05, 0.1) is 0 Å². The number of hydrogen-bond donors (Lipinski definition) is 0. The minimum atomic E-state index is 0.241. The Labute approximate surface area is 160 Å². The average molecular weight is 402 g/mol. The third kappa shape index (κ3) is 6.66. The molecule has 0 aliphatic carbocycles. The van der Waals surface area contributed by atoms with Crippen molar-refractivity contribution in [3.05, 3.63) is 58.6 Å². The van der Waals surface area contributed by atoms with Crippen molar-refractivity contribution >= 4 is 21.8 Å². The van der Waals surface area contributed by atoms with Gasteiger partial charge in [-0.05, 0) is 41.3 Å². The van der Waals surface area contributed by atoms with Gasteiger partial charge >= 0.3 is 0 Å². The molecule has 0 aliphatic heterocycles. The summed E-state index contributed by atoms with van der Waals surface area (Å²) < 4.78 is 1.08. The molecule has 0 saturated heterocycles. The third-order valence-corrected chi connectivity index (χ3v) is 4.97. The van der Waals surface area contributed by atoms with Crippen LogP contribution < -0.4 is 0 Å². The van der Waals surface area contributed by atoms with E-state index in [-0.39, 0.29) is 5.91 Å². The number of unbranched alkanes of at least 4 members (excludes halogenated alkanes) is 4. The van der Waals surface area contributed by atoms with Crippen molar-refractivity contribution in [2.45, 2.75) is 52.0 Å². The van der Waals surface area contributed by atoms with Crippen LogP contribution in [0.2, 0.25) is 0 Å². The van der Waals surface area contributed by atoms with Crippen LogP contribution >= 0.6 is 15.9 Å². The molecular formula is C22H28BrNO. The lowest BCUT2D eigenvalue weighted by molar-refractivity contribution is -0.130. The fourth-order valence-corrected chi connectivity index (χ4v) is 3.19. The van der Waals surface area contributed by atoms with Crippen molar-refractivity contribution in [3.63, 3.8) is 0 Å². The number of benzene rings is 2. The lowest BCUT2D eigenvalue weighted by Crippen LogP contribution is -2.25. The number of halogens is 1. The molecule has 0 bridgehead atoms. The lowest BCUT2D eigenvalue weighted by Gasteiger charge is -2.18. The van der Waals surface area contributed by atoms with E-state index in [0.29, 0.717) is 13.0 Å². The number of rotatable bonds is 9. The van der Waals surface area contributed by atoms with Crippen molar-refractivity contribution < 1.29 is 4.79 Å². The molecule has 2 rings (SSSR count). The highest BCUT2D eigenvalue weighted by Gasteiger charge is 2.09. The predicted molar refractivity (Wildman–Crippen MR) is 109 cm³/mol. The van der Waals surface area contributed by atoms with Crippen LogP contribution in [0, 0.1) is 0 Å². The summed E-state index contributed by atoms with van der Waals surface area (Å²) in [5, 5.41) is 0. The molecule has 0 spiro atoms. The minimum absolute atomic E-state index is 0.241. The smallest absolute Gasteiger partial charge is 0.222 e. The van der Waals surface area contributed by atoms with Crippen LogP contribution in [0.1, 0.15) is 51.0 Å². The molecule has 0 N–H and O–H groups in total. The third-order valence-electron chi connectivity index (χ3n) is 4.44. The molecule has 25 heavy (non-hydrogen) atoms. The Morgan fingerprint density at radius 3 is 2.40 bits per heavy atom. The maximum absolute atomic E-state index is 12.3. The quantitative estimate of drug-likeness (QED) is 0.442. The van der Waals surface area contributed by atoms with Gasteiger partial charge in [-0.25, -0.2) is 0 Å². The summed E-state index contributed by atoms with van der Waals surface area (Å²) in [4.78, 5) is 14.1. The van der Waals surface area contributed by atoms with Crippen LogP contribution in [-0.4, -0.2) is 17.9 Å². The molecule has 2 aromatic rings. The highest BCUT2D eigenvalue weighted by molar-refractivity contribution is 9.10. The largest absolute Gasteiger partial charge is 0.341 e. The summed E-state index contributed by atoms with van der Waals surface area (Å²) in [6.45, 7) is 2.87. The maximum Gasteiger partial charge on any atom is 0.222 e. The zero-order chi connectivity index (χ0) is 18.1. The average Bonchev–Trinajstić information content (AvgIpc) is 2.62. The molecule has 2 aromatic carbocycles. The Kier molecular flexibility index (Phi) is 8.20. The Bertz CT molecular complexity index is 666. The van der Waals surface area contributed by atoms with Gasteiger partial charge in [-0.15, -0.1) is 0 Å². The van der Waals surface area contributed by atoms with Crippen LogP contribution in [0.4, 0.5) is 0 Å². The van der Waals surface area contributed by atoms with Gasteiger partial charge in [-0.3, -0.25) is 4.79 Å². The normalized spacial score (nSPS) is 10.7. The monoisotopic (exact) mass is 401 g/mol. The van der Waals surface area contributed by atoms with Crippen molar-refractivity contribution in [1.29, 1.82) is 0 Å². The summed E-state index contributed by atoms with van der Waals surface area (Å²) in [7, 11) is 1.90. The fraction of sp³-hybridized carbons (Fsp3) is 0.409. The molecule has 134 valence electrons. The van der Waals surface area contributed by atoms with Gasteiger partial charge in [0.2, 0.25) is 5.91 Å². The lowest BCUT2D eigenvalue weighted by atomic mass is 10.0. The van der Waals surface area contributed by atoms with E-state index < -0.39 is 0 Å². The Morgan fingerprint density at radius 2 is 1.68 bits per heavy atom. The van der Waals surface area contributed by atoms with Crippen molar-refractivity contribution in [2.24, 2.45) is 0 Å². The van der Waals surface area contributed by atoms with E-state index in [9.17, 15) is 4.79 Å². The second kappa shape index (κ2) is 10.4. The molecule has 1 amide bonds. The number of carbonyl (C=O) groups excluding carboxylic acids is 1. The summed E-state index contributed by atoms with van der Waals surface area (Å²) in [6, 6.07) is 16.8. The first-order valence-corrected chi connectivity index (χ1v) is 9.98. The van der Waals surface area contributed by atoms with E-state index in [0.717, 1.165) is 17.3 Å². The van der Waals surface area contributed by atoms with Crippen LogP contribution in [0.15, 0.2) is 53.0 Å². The number of hydrogen-bond acceptors (Lipinski definition) is 1. The molecular weight excluding hydrogens is 374 g/mol. The molecule has 0 unspecified atom stereocenters. The number of amides is 1. The van der Waals surface area contributed by atoms with Crippen LogP contribution in [0.5, 0.6) is 0 Å². The molecule has 0 fully saturated rings. The highest BCUT2D eigenvalue weighted by Crippen LogP contribution is 2.23. The number of nitrogens with zero attached hydrogens (tertiary/aromatic N) is 1. The van der Waals surface area contributed by atoms with Crippen molar-refractivity contribution in [3.8, 4) is 11.1 Å². The van der Waals surface area contributed by atoms with Gasteiger partial charge in [0.25, 0.3) is 0 Å². The molecule has 3 heteroatoms. The minimum Gasteiger partial charge on any atom is -0.341 e. The summed E-state index contributed by atoms with van der Waals surface area (Å²) >= 11 is 3.47. The summed E-state index contributed by atoms with van der Waals surface area (Å²) in [5.41, 5.74) is 3.54. The Morgan fingerprint density at radius 1 is 0.960 bits per heavy atom. The van der Waals surface area contributed by atoms with Gasteiger partial charge in [0, 0.05) is 24.5 Å². The van der Waals surface area contributed by atoms with Gasteiger partial charge in [0.1, 0.15) is 0 Å². The standard InChI is InChI=1S/C22H28BrNO/c1-3-4-5-6-7-11-22(25)24(2)17-18-9-8-10-20(16-18)19-12-14-21(23)15-13-19/h8-10,12-16H,3-7,11,17H2,1-2H3. The van der Waals surface area contributed by atoms with Crippen LogP contribution in [0.25, 0.3) is 11.1 Å². The second-order valence-corrected chi connectivity index (χ2v) is 7.54. The molecule has 2 nitrogen and oxygen atoms in total. The van der Waals surface area contributed by atoms with Crippen molar-refractivity contribution in [2.75, 3.05) is 7.05 Å². The van der Waals surface area contributed by atoms with E-state index in [2.05, 4.69) is 71.4 Å². The topological polar surface area (TPSA) is 20.3 Å². The zero-order valence-corrected chi connectivity index (χ0v) is 16.9. The van der Waals surface area contributed by atoms with Crippen molar-refractivity contribution in [1.82, 2.24) is 4.90 Å². The van der Waals surface area contributed by atoms with E-state index >= 15 is 0 Å². The molecule has 0 radical (unpaired) electrons. The van der Waals surface area contributed by atoms with Gasteiger partial charge < -0.3 is 4.90 Å².